The van der Waals surface area contributed by atoms with Crippen molar-refractivity contribution < 1.29 is 14.3 Å². The van der Waals surface area contributed by atoms with Crippen LogP contribution >= 0.6 is 23.2 Å². The molecule has 0 spiro atoms. The molecule has 2 aliphatic rings. The highest BCUT2D eigenvalue weighted by atomic mass is 35.5. The summed E-state index contributed by atoms with van der Waals surface area (Å²) in [5, 5.41) is 4.55. The Morgan fingerprint density at radius 3 is 2.82 bits per heavy atom. The van der Waals surface area contributed by atoms with Crippen molar-refractivity contribution in [3.05, 3.63) is 33.3 Å². The fourth-order valence-electron chi connectivity index (χ4n) is 3.37. The van der Waals surface area contributed by atoms with Crippen LogP contribution < -0.4 is 5.32 Å². The van der Waals surface area contributed by atoms with E-state index in [4.69, 9.17) is 27.9 Å². The first kappa shape index (κ1) is 16.1. The number of benzene rings is 1. The Morgan fingerprint density at radius 2 is 2.23 bits per heavy atom. The second-order valence-electron chi connectivity index (χ2n) is 5.94. The van der Waals surface area contributed by atoms with Crippen molar-refractivity contribution >= 4 is 29.2 Å². The van der Waals surface area contributed by atoms with Gasteiger partial charge in [-0.1, -0.05) is 23.2 Å². The number of methoxy groups -OCH3 is 1. The van der Waals surface area contributed by atoms with Crippen molar-refractivity contribution in [2.45, 2.75) is 37.3 Å². The summed E-state index contributed by atoms with van der Waals surface area (Å²) in [6, 6.07) is 4.24. The normalized spacial score (nSPS) is 26.4. The van der Waals surface area contributed by atoms with E-state index in [9.17, 15) is 4.79 Å². The Hall–Kier alpha value is -0.810. The van der Waals surface area contributed by atoms with E-state index in [2.05, 4.69) is 10.1 Å². The number of fused-ring (bicyclic) bond motifs is 2. The maximum Gasteiger partial charge on any atom is 0.305 e. The van der Waals surface area contributed by atoms with E-state index in [0.717, 1.165) is 37.1 Å². The summed E-state index contributed by atoms with van der Waals surface area (Å²) >= 11 is 12.4. The van der Waals surface area contributed by atoms with Gasteiger partial charge >= 0.3 is 5.97 Å². The number of carbonyl (C=O) groups excluding carboxylic acids is 1. The van der Waals surface area contributed by atoms with Gasteiger partial charge in [-0.15, -0.1) is 0 Å². The van der Waals surface area contributed by atoms with Gasteiger partial charge < -0.3 is 14.8 Å². The molecule has 0 radical (unpaired) electrons. The SMILES string of the molecule is COC(=O)CCCc1cc(Cl)c(Cl)cc1C12CNC(CO1)C2. The molecule has 4 nitrogen and oxygen atoms in total. The highest BCUT2D eigenvalue weighted by Crippen LogP contribution is 2.44. The van der Waals surface area contributed by atoms with Gasteiger partial charge in [0.05, 0.1) is 23.8 Å². The van der Waals surface area contributed by atoms with Crippen LogP contribution in [0.5, 0.6) is 0 Å². The molecule has 0 aliphatic carbocycles. The molecule has 2 saturated heterocycles. The van der Waals surface area contributed by atoms with Gasteiger partial charge in [-0.25, -0.2) is 0 Å². The van der Waals surface area contributed by atoms with Crippen LogP contribution in [0, 0.1) is 0 Å². The number of hydrogen-bond donors (Lipinski definition) is 1. The topological polar surface area (TPSA) is 47.6 Å². The first-order valence-corrected chi connectivity index (χ1v) is 8.22. The number of nitrogens with one attached hydrogen (secondary N) is 1. The van der Waals surface area contributed by atoms with Gasteiger partial charge in [0.2, 0.25) is 0 Å². The predicted molar refractivity (Wildman–Crippen MR) is 85.5 cm³/mol. The lowest BCUT2D eigenvalue weighted by Gasteiger charge is -2.30. The number of carbonyl (C=O) groups is 1. The fraction of sp³-hybridized carbons (Fsp3) is 0.562. The van der Waals surface area contributed by atoms with Crippen LogP contribution in [0.2, 0.25) is 10.0 Å². The first-order chi connectivity index (χ1) is 10.5. The third-order valence-electron chi connectivity index (χ3n) is 4.50. The predicted octanol–water partition coefficient (Wildman–Crippen LogP) is 3.08. The van der Waals surface area contributed by atoms with E-state index in [1.807, 2.05) is 12.1 Å². The van der Waals surface area contributed by atoms with Crippen molar-refractivity contribution in [3.63, 3.8) is 0 Å². The molecule has 22 heavy (non-hydrogen) atoms. The van der Waals surface area contributed by atoms with Crippen LogP contribution in [0.4, 0.5) is 0 Å². The molecule has 6 heteroatoms. The zero-order valence-electron chi connectivity index (χ0n) is 12.5. The summed E-state index contributed by atoms with van der Waals surface area (Å²) in [6.45, 7) is 1.52. The Kier molecular flexibility index (Phi) is 4.64. The van der Waals surface area contributed by atoms with Crippen LogP contribution in [0.1, 0.15) is 30.4 Å². The van der Waals surface area contributed by atoms with Crippen molar-refractivity contribution in [3.8, 4) is 0 Å². The van der Waals surface area contributed by atoms with Crippen LogP contribution in [0.25, 0.3) is 0 Å². The Morgan fingerprint density at radius 1 is 1.45 bits per heavy atom. The molecule has 2 bridgehead atoms. The molecule has 2 fully saturated rings. The van der Waals surface area contributed by atoms with Gasteiger partial charge in [0, 0.05) is 19.0 Å². The Bertz CT molecular complexity index is 583. The third kappa shape index (κ3) is 2.98. The van der Waals surface area contributed by atoms with Crippen molar-refractivity contribution in [1.82, 2.24) is 5.32 Å². The van der Waals surface area contributed by atoms with E-state index in [0.29, 0.717) is 28.9 Å². The summed E-state index contributed by atoms with van der Waals surface area (Å²) < 4.78 is 10.7. The van der Waals surface area contributed by atoms with Gasteiger partial charge in [-0.05, 0) is 42.5 Å². The number of esters is 1. The zero-order chi connectivity index (χ0) is 15.7. The summed E-state index contributed by atoms with van der Waals surface area (Å²) in [5.74, 6) is -0.195. The molecule has 1 aromatic carbocycles. The average Bonchev–Trinajstić information content (AvgIpc) is 3.12. The van der Waals surface area contributed by atoms with Crippen molar-refractivity contribution in [2.24, 2.45) is 0 Å². The minimum Gasteiger partial charge on any atom is -0.469 e. The van der Waals surface area contributed by atoms with Crippen molar-refractivity contribution in [1.29, 1.82) is 0 Å². The van der Waals surface area contributed by atoms with Crippen molar-refractivity contribution in [2.75, 3.05) is 20.3 Å². The van der Waals surface area contributed by atoms with E-state index in [-0.39, 0.29) is 11.6 Å². The van der Waals surface area contributed by atoms with Gasteiger partial charge in [-0.3, -0.25) is 4.79 Å². The van der Waals surface area contributed by atoms with Crippen LogP contribution in [-0.2, 0) is 26.3 Å². The molecule has 2 unspecified atom stereocenters. The quantitative estimate of drug-likeness (QED) is 0.834. The molecule has 2 atom stereocenters. The van der Waals surface area contributed by atoms with E-state index in [1.165, 1.54) is 7.11 Å². The zero-order valence-corrected chi connectivity index (χ0v) is 14.0. The van der Waals surface area contributed by atoms with E-state index < -0.39 is 0 Å². The molecule has 1 N–H and O–H groups in total. The molecule has 0 amide bonds. The molecule has 0 saturated carbocycles. The van der Waals surface area contributed by atoms with Gasteiger partial charge in [-0.2, -0.15) is 0 Å². The number of halogens is 2. The van der Waals surface area contributed by atoms with Gasteiger partial charge in [0.25, 0.3) is 0 Å². The second-order valence-corrected chi connectivity index (χ2v) is 6.75. The fourth-order valence-corrected chi connectivity index (χ4v) is 3.72. The maximum absolute atomic E-state index is 11.3. The molecule has 3 rings (SSSR count). The molecule has 1 aromatic rings. The average molecular weight is 344 g/mol. The summed E-state index contributed by atoms with van der Waals surface area (Å²) in [6.07, 6.45) is 2.81. The summed E-state index contributed by atoms with van der Waals surface area (Å²) in [4.78, 5) is 11.3. The largest absolute Gasteiger partial charge is 0.469 e. The lowest BCUT2D eigenvalue weighted by molar-refractivity contribution is -0.140. The number of morpholine rings is 1. The lowest BCUT2D eigenvalue weighted by Crippen LogP contribution is -2.38. The van der Waals surface area contributed by atoms with E-state index >= 15 is 0 Å². The number of ether oxygens (including phenoxy) is 2. The highest BCUT2D eigenvalue weighted by Gasteiger charge is 2.48. The summed E-state index contributed by atoms with van der Waals surface area (Å²) in [7, 11) is 1.41. The van der Waals surface area contributed by atoms with Gasteiger partial charge in [0.15, 0.2) is 0 Å². The Balaban J connectivity index is 1.85. The molecule has 120 valence electrons. The third-order valence-corrected chi connectivity index (χ3v) is 5.23. The molecular formula is C16H19Cl2NO3. The minimum absolute atomic E-state index is 0.195. The maximum atomic E-state index is 11.3. The number of aryl methyl sites for hydroxylation is 1. The van der Waals surface area contributed by atoms with Gasteiger partial charge in [0.1, 0.15) is 5.60 Å². The monoisotopic (exact) mass is 343 g/mol. The highest BCUT2D eigenvalue weighted by molar-refractivity contribution is 6.42. The second kappa shape index (κ2) is 6.36. The molecule has 0 aromatic heterocycles. The lowest BCUT2D eigenvalue weighted by atomic mass is 9.87. The summed E-state index contributed by atoms with van der Waals surface area (Å²) in [5.41, 5.74) is 1.89. The number of rotatable bonds is 5. The van der Waals surface area contributed by atoms with Crippen LogP contribution in [0.15, 0.2) is 12.1 Å². The molecular weight excluding hydrogens is 325 g/mol. The minimum atomic E-state index is -0.306. The molecule has 2 aliphatic heterocycles. The Labute approximate surface area is 140 Å². The molecule has 2 heterocycles. The standard InChI is InChI=1S/C16H19Cl2NO3/c1-21-15(20)4-2-3-10-5-13(17)14(18)6-12(10)16-7-11(8-22-16)19-9-16/h5-6,11,19H,2-4,7-9H2,1H3. The first-order valence-electron chi connectivity index (χ1n) is 7.46. The van der Waals surface area contributed by atoms with E-state index in [1.54, 1.807) is 0 Å². The number of hydrogen-bond acceptors (Lipinski definition) is 4. The van der Waals surface area contributed by atoms with Crippen LogP contribution in [0.3, 0.4) is 0 Å². The van der Waals surface area contributed by atoms with Crippen LogP contribution in [-0.4, -0.2) is 32.3 Å². The smallest absolute Gasteiger partial charge is 0.305 e.